The fourth-order valence-corrected chi connectivity index (χ4v) is 3.55. The van der Waals surface area contributed by atoms with Gasteiger partial charge in [0.05, 0.1) is 6.61 Å². The van der Waals surface area contributed by atoms with Gasteiger partial charge in [-0.25, -0.2) is 4.68 Å². The van der Waals surface area contributed by atoms with Crippen LogP contribution in [0.3, 0.4) is 0 Å². The van der Waals surface area contributed by atoms with E-state index in [0.29, 0.717) is 29.2 Å². The minimum absolute atomic E-state index is 0.188. The fraction of sp³-hybridized carbons (Fsp3) is 0.294. The van der Waals surface area contributed by atoms with Crippen molar-refractivity contribution in [3.8, 4) is 5.88 Å². The van der Waals surface area contributed by atoms with Gasteiger partial charge in [-0.2, -0.15) is 5.10 Å². The molecule has 124 valence electrons. The van der Waals surface area contributed by atoms with E-state index in [4.69, 9.17) is 4.74 Å². The summed E-state index contributed by atoms with van der Waals surface area (Å²) in [6.45, 7) is 1.98. The number of fused-ring (bicyclic) bond motifs is 2. The Bertz CT molecular complexity index is 899. The molecule has 6 nitrogen and oxygen atoms in total. The summed E-state index contributed by atoms with van der Waals surface area (Å²) in [4.78, 5) is 15.6. The molecule has 3 heterocycles. The van der Waals surface area contributed by atoms with E-state index >= 15 is 0 Å². The fourth-order valence-electron chi connectivity index (χ4n) is 2.98. The summed E-state index contributed by atoms with van der Waals surface area (Å²) in [5, 5.41) is 8.47. The van der Waals surface area contributed by atoms with Crippen LogP contribution in [0.25, 0.3) is 10.9 Å². The second-order valence-electron chi connectivity index (χ2n) is 5.76. The first-order valence-corrected chi connectivity index (χ1v) is 8.75. The van der Waals surface area contributed by atoms with Gasteiger partial charge in [0.15, 0.2) is 5.69 Å². The molecule has 0 bridgehead atoms. The van der Waals surface area contributed by atoms with E-state index in [1.54, 1.807) is 4.68 Å². The molecule has 1 aromatic carbocycles. The van der Waals surface area contributed by atoms with E-state index in [1.165, 1.54) is 10.9 Å². The average molecular weight is 389 g/mol. The maximum Gasteiger partial charge on any atom is 0.273 e. The quantitative estimate of drug-likeness (QED) is 0.721. The van der Waals surface area contributed by atoms with Crippen molar-refractivity contribution < 1.29 is 9.53 Å². The molecule has 0 saturated heterocycles. The number of H-pyrrole nitrogens is 1. The summed E-state index contributed by atoms with van der Waals surface area (Å²) >= 11 is 3.43. The van der Waals surface area contributed by atoms with Crippen LogP contribution in [0, 0.1) is 0 Å². The minimum Gasteiger partial charge on any atom is -0.477 e. The van der Waals surface area contributed by atoms with Gasteiger partial charge in [-0.05, 0) is 34.0 Å². The molecule has 0 saturated carbocycles. The highest BCUT2D eigenvalue weighted by Gasteiger charge is 2.24. The third-order valence-corrected chi connectivity index (χ3v) is 4.89. The van der Waals surface area contributed by atoms with Crippen LogP contribution in [-0.2, 0) is 13.0 Å². The van der Waals surface area contributed by atoms with Gasteiger partial charge in [0.25, 0.3) is 5.91 Å². The van der Waals surface area contributed by atoms with Gasteiger partial charge in [0.2, 0.25) is 5.88 Å². The third-order valence-electron chi connectivity index (χ3n) is 4.17. The second-order valence-corrected chi connectivity index (χ2v) is 6.55. The Balaban J connectivity index is 1.43. The van der Waals surface area contributed by atoms with E-state index in [0.717, 1.165) is 24.9 Å². The topological polar surface area (TPSA) is 71.9 Å². The number of hydrogen-bond donors (Lipinski definition) is 2. The van der Waals surface area contributed by atoms with Gasteiger partial charge in [0.1, 0.15) is 4.47 Å². The smallest absolute Gasteiger partial charge is 0.273 e. The molecular formula is C17H17BrN4O2. The zero-order valence-corrected chi connectivity index (χ0v) is 14.6. The standard InChI is InChI=1S/C17H17BrN4O2/c18-14-15(21-22-8-3-9-24-17(14)22)16(23)19-7-6-11-10-20-13-5-2-1-4-12(11)13/h1-2,4-5,10,20H,3,6-9H2,(H,19,23). The van der Waals surface area contributed by atoms with Crippen molar-refractivity contribution in [2.45, 2.75) is 19.4 Å². The molecule has 2 N–H and O–H groups in total. The van der Waals surface area contributed by atoms with Gasteiger partial charge in [0, 0.05) is 36.6 Å². The van der Waals surface area contributed by atoms with Crippen LogP contribution < -0.4 is 10.1 Å². The highest BCUT2D eigenvalue weighted by atomic mass is 79.9. The van der Waals surface area contributed by atoms with Crippen molar-refractivity contribution in [1.82, 2.24) is 20.1 Å². The van der Waals surface area contributed by atoms with Crippen LogP contribution in [0.4, 0.5) is 0 Å². The highest BCUT2D eigenvalue weighted by molar-refractivity contribution is 9.10. The summed E-state index contributed by atoms with van der Waals surface area (Å²) < 4.78 is 7.94. The Labute approximate surface area is 147 Å². The zero-order valence-electron chi connectivity index (χ0n) is 13.0. The Kier molecular flexibility index (Phi) is 4.02. The molecule has 0 unspecified atom stereocenters. The van der Waals surface area contributed by atoms with Crippen LogP contribution in [0.15, 0.2) is 34.9 Å². The van der Waals surface area contributed by atoms with Crippen LogP contribution in [0.1, 0.15) is 22.5 Å². The minimum atomic E-state index is -0.188. The van der Waals surface area contributed by atoms with E-state index in [-0.39, 0.29) is 5.91 Å². The van der Waals surface area contributed by atoms with Crippen molar-refractivity contribution in [2.24, 2.45) is 0 Å². The molecule has 1 aliphatic rings. The molecule has 2 aromatic heterocycles. The normalized spacial score (nSPS) is 13.5. The highest BCUT2D eigenvalue weighted by Crippen LogP contribution is 2.31. The number of nitrogens with zero attached hydrogens (tertiary/aromatic N) is 2. The van der Waals surface area contributed by atoms with Crippen molar-refractivity contribution in [3.05, 3.63) is 46.2 Å². The maximum atomic E-state index is 12.4. The molecular weight excluding hydrogens is 372 g/mol. The van der Waals surface area contributed by atoms with Crippen molar-refractivity contribution in [1.29, 1.82) is 0 Å². The molecule has 4 rings (SSSR count). The van der Waals surface area contributed by atoms with Gasteiger partial charge >= 0.3 is 0 Å². The number of nitrogens with one attached hydrogen (secondary N) is 2. The first-order valence-electron chi connectivity index (χ1n) is 7.96. The number of benzene rings is 1. The van der Waals surface area contributed by atoms with Gasteiger partial charge in [-0.1, -0.05) is 18.2 Å². The lowest BCUT2D eigenvalue weighted by Crippen LogP contribution is -2.26. The predicted molar refractivity (Wildman–Crippen MR) is 94.4 cm³/mol. The molecule has 0 fully saturated rings. The summed E-state index contributed by atoms with van der Waals surface area (Å²) in [6, 6.07) is 8.15. The summed E-state index contributed by atoms with van der Waals surface area (Å²) in [5.41, 5.74) is 2.68. The van der Waals surface area contributed by atoms with Crippen LogP contribution in [-0.4, -0.2) is 33.8 Å². The lowest BCUT2D eigenvalue weighted by Gasteiger charge is -2.14. The number of carbonyl (C=O) groups excluding carboxylic acids is 1. The van der Waals surface area contributed by atoms with E-state index in [2.05, 4.69) is 37.4 Å². The van der Waals surface area contributed by atoms with Gasteiger partial charge < -0.3 is 15.0 Å². The molecule has 1 aliphatic heterocycles. The number of aromatic nitrogens is 3. The Hall–Kier alpha value is -2.28. The molecule has 0 spiro atoms. The predicted octanol–water partition coefficient (Wildman–Crippen LogP) is 2.88. The van der Waals surface area contributed by atoms with E-state index in [9.17, 15) is 4.79 Å². The first kappa shape index (κ1) is 15.3. The number of aromatic amines is 1. The number of ether oxygens (including phenoxy) is 1. The Morgan fingerprint density at radius 1 is 1.42 bits per heavy atom. The van der Waals surface area contributed by atoms with Crippen LogP contribution in [0.5, 0.6) is 5.88 Å². The number of para-hydroxylation sites is 1. The van der Waals surface area contributed by atoms with Crippen molar-refractivity contribution in [3.63, 3.8) is 0 Å². The molecule has 0 radical (unpaired) electrons. The Morgan fingerprint density at radius 2 is 2.29 bits per heavy atom. The third kappa shape index (κ3) is 2.69. The monoisotopic (exact) mass is 388 g/mol. The average Bonchev–Trinajstić information content (AvgIpc) is 3.17. The molecule has 3 aromatic rings. The first-order chi connectivity index (χ1) is 11.7. The van der Waals surface area contributed by atoms with Crippen molar-refractivity contribution >= 4 is 32.7 Å². The molecule has 1 amide bonds. The number of halogens is 1. The number of amides is 1. The van der Waals surface area contributed by atoms with Crippen molar-refractivity contribution in [2.75, 3.05) is 13.2 Å². The van der Waals surface area contributed by atoms with Crippen LogP contribution >= 0.6 is 15.9 Å². The lowest BCUT2D eigenvalue weighted by atomic mass is 10.1. The molecule has 7 heteroatoms. The Morgan fingerprint density at radius 3 is 3.17 bits per heavy atom. The number of hydrogen-bond acceptors (Lipinski definition) is 3. The summed E-state index contributed by atoms with van der Waals surface area (Å²) in [5.74, 6) is 0.454. The molecule has 0 aliphatic carbocycles. The lowest BCUT2D eigenvalue weighted by molar-refractivity contribution is 0.0947. The molecule has 24 heavy (non-hydrogen) atoms. The maximum absolute atomic E-state index is 12.4. The van der Waals surface area contributed by atoms with Crippen LogP contribution in [0.2, 0.25) is 0 Å². The van der Waals surface area contributed by atoms with E-state index in [1.807, 2.05) is 24.4 Å². The van der Waals surface area contributed by atoms with E-state index < -0.39 is 0 Å². The number of aryl methyl sites for hydroxylation is 1. The van der Waals surface area contributed by atoms with Gasteiger partial charge in [-0.3, -0.25) is 4.79 Å². The number of rotatable bonds is 4. The number of carbonyl (C=O) groups is 1. The van der Waals surface area contributed by atoms with Gasteiger partial charge in [-0.15, -0.1) is 0 Å². The SMILES string of the molecule is O=C(NCCc1c[nH]c2ccccc12)c1nn2c(c1Br)OCCC2. The zero-order chi connectivity index (χ0) is 16.5. The summed E-state index contributed by atoms with van der Waals surface area (Å²) in [6.07, 6.45) is 3.66. The summed E-state index contributed by atoms with van der Waals surface area (Å²) in [7, 11) is 0. The largest absolute Gasteiger partial charge is 0.477 e. The second kappa shape index (κ2) is 6.32. The molecule has 0 atom stereocenters.